The topological polar surface area (TPSA) is 43.8 Å². The Balaban J connectivity index is 1.83. The Morgan fingerprint density at radius 3 is 2.76 bits per heavy atom. The summed E-state index contributed by atoms with van der Waals surface area (Å²) in [6.07, 6.45) is 3.00. The van der Waals surface area contributed by atoms with Crippen molar-refractivity contribution in [1.29, 1.82) is 0 Å². The first-order valence-corrected chi connectivity index (χ1v) is 7.20. The number of rotatable bonds is 2. The van der Waals surface area contributed by atoms with Gasteiger partial charge < -0.3 is 5.73 Å². The summed E-state index contributed by atoms with van der Waals surface area (Å²) in [5.41, 5.74) is 14.6. The van der Waals surface area contributed by atoms with Crippen LogP contribution >= 0.6 is 0 Å². The van der Waals surface area contributed by atoms with Gasteiger partial charge in [-0.2, -0.15) is 5.10 Å². The third-order valence-corrected chi connectivity index (χ3v) is 4.19. The molecule has 0 fully saturated rings. The van der Waals surface area contributed by atoms with E-state index in [0.717, 1.165) is 23.2 Å². The maximum atomic E-state index is 5.83. The lowest BCUT2D eigenvalue weighted by molar-refractivity contribution is 0.769. The van der Waals surface area contributed by atoms with Crippen LogP contribution in [0, 0.1) is 0 Å². The van der Waals surface area contributed by atoms with Crippen molar-refractivity contribution >= 4 is 0 Å². The first-order valence-electron chi connectivity index (χ1n) is 7.20. The van der Waals surface area contributed by atoms with Gasteiger partial charge in [0, 0.05) is 30.9 Å². The molecule has 0 spiro atoms. The van der Waals surface area contributed by atoms with Crippen LogP contribution in [0.2, 0.25) is 0 Å². The molecule has 0 saturated carbocycles. The highest BCUT2D eigenvalue weighted by atomic mass is 15.3. The van der Waals surface area contributed by atoms with Crippen LogP contribution in [0.25, 0.3) is 22.4 Å². The van der Waals surface area contributed by atoms with Gasteiger partial charge in [-0.05, 0) is 34.7 Å². The molecule has 2 aromatic carbocycles. The fraction of sp³-hybridized carbons (Fsp3) is 0.167. The molecule has 0 unspecified atom stereocenters. The number of benzene rings is 2. The van der Waals surface area contributed by atoms with Crippen molar-refractivity contribution in [2.75, 3.05) is 0 Å². The predicted molar refractivity (Wildman–Crippen MR) is 84.8 cm³/mol. The molecule has 0 saturated heterocycles. The fourth-order valence-corrected chi connectivity index (χ4v) is 3.22. The Morgan fingerprint density at radius 2 is 1.90 bits per heavy atom. The van der Waals surface area contributed by atoms with Gasteiger partial charge in [-0.15, -0.1) is 0 Å². The van der Waals surface area contributed by atoms with Crippen molar-refractivity contribution in [3.63, 3.8) is 0 Å². The van der Waals surface area contributed by atoms with E-state index in [9.17, 15) is 0 Å². The number of aryl methyl sites for hydroxylation is 1. The van der Waals surface area contributed by atoms with Crippen molar-refractivity contribution in [1.82, 2.24) is 9.78 Å². The summed E-state index contributed by atoms with van der Waals surface area (Å²) in [5.74, 6) is 0. The molecule has 3 heteroatoms. The minimum absolute atomic E-state index is 0.514. The molecule has 0 atom stereocenters. The maximum absolute atomic E-state index is 5.83. The van der Waals surface area contributed by atoms with Gasteiger partial charge in [-0.1, -0.05) is 36.4 Å². The Hall–Kier alpha value is -2.39. The highest BCUT2D eigenvalue weighted by molar-refractivity contribution is 5.80. The van der Waals surface area contributed by atoms with Gasteiger partial charge >= 0.3 is 0 Å². The van der Waals surface area contributed by atoms with Crippen molar-refractivity contribution < 1.29 is 0 Å². The van der Waals surface area contributed by atoms with E-state index in [1.54, 1.807) is 0 Å². The molecule has 0 radical (unpaired) electrons. The van der Waals surface area contributed by atoms with Crippen LogP contribution in [-0.4, -0.2) is 9.78 Å². The van der Waals surface area contributed by atoms with Crippen LogP contribution in [0.15, 0.2) is 48.7 Å². The van der Waals surface area contributed by atoms with Gasteiger partial charge in [0.1, 0.15) is 0 Å². The van der Waals surface area contributed by atoms with E-state index in [0.29, 0.717) is 6.54 Å². The van der Waals surface area contributed by atoms with Crippen molar-refractivity contribution in [2.45, 2.75) is 13.0 Å². The highest BCUT2D eigenvalue weighted by Gasteiger charge is 2.19. The molecule has 1 aliphatic carbocycles. The van der Waals surface area contributed by atoms with Gasteiger partial charge in [-0.3, -0.25) is 4.68 Å². The molecule has 21 heavy (non-hydrogen) atoms. The second kappa shape index (κ2) is 4.57. The van der Waals surface area contributed by atoms with Gasteiger partial charge in [0.25, 0.3) is 0 Å². The smallest absolute Gasteiger partial charge is 0.0968 e. The SMILES string of the molecule is Cn1cc(CN)c(-c2ccc3c(c2)Cc2ccccc2-3)n1. The van der Waals surface area contributed by atoms with Crippen LogP contribution in [0.1, 0.15) is 16.7 Å². The van der Waals surface area contributed by atoms with Gasteiger partial charge in [-0.25, -0.2) is 0 Å². The van der Waals surface area contributed by atoms with Crippen LogP contribution in [0.5, 0.6) is 0 Å². The molecule has 3 nitrogen and oxygen atoms in total. The van der Waals surface area contributed by atoms with Crippen LogP contribution in [0.3, 0.4) is 0 Å². The van der Waals surface area contributed by atoms with E-state index in [1.165, 1.54) is 22.3 Å². The Labute approximate surface area is 124 Å². The fourth-order valence-electron chi connectivity index (χ4n) is 3.22. The van der Waals surface area contributed by atoms with Crippen molar-refractivity contribution in [3.05, 3.63) is 65.4 Å². The van der Waals surface area contributed by atoms with Crippen LogP contribution in [-0.2, 0) is 20.0 Å². The van der Waals surface area contributed by atoms with Gasteiger partial charge in [0.05, 0.1) is 5.69 Å². The van der Waals surface area contributed by atoms with Crippen LogP contribution < -0.4 is 5.73 Å². The summed E-state index contributed by atoms with van der Waals surface area (Å²) in [4.78, 5) is 0. The number of nitrogens with two attached hydrogens (primary N) is 1. The molecular formula is C18H17N3. The van der Waals surface area contributed by atoms with E-state index < -0.39 is 0 Å². The molecule has 0 amide bonds. The zero-order valence-electron chi connectivity index (χ0n) is 12.0. The minimum Gasteiger partial charge on any atom is -0.326 e. The summed E-state index contributed by atoms with van der Waals surface area (Å²) < 4.78 is 1.83. The summed E-state index contributed by atoms with van der Waals surface area (Å²) in [5, 5.41) is 4.56. The summed E-state index contributed by atoms with van der Waals surface area (Å²) >= 11 is 0. The van der Waals surface area contributed by atoms with E-state index in [-0.39, 0.29) is 0 Å². The Kier molecular flexibility index (Phi) is 2.69. The molecular weight excluding hydrogens is 258 g/mol. The van der Waals surface area contributed by atoms with Crippen LogP contribution in [0.4, 0.5) is 0 Å². The molecule has 4 rings (SSSR count). The second-order valence-electron chi connectivity index (χ2n) is 5.59. The third-order valence-electron chi connectivity index (χ3n) is 4.19. The normalized spacial score (nSPS) is 12.3. The monoisotopic (exact) mass is 275 g/mol. The molecule has 1 aromatic heterocycles. The van der Waals surface area contributed by atoms with Crippen molar-refractivity contribution in [3.8, 4) is 22.4 Å². The Bertz CT molecular complexity index is 830. The average Bonchev–Trinajstić information content (AvgIpc) is 3.06. The zero-order chi connectivity index (χ0) is 14.4. The summed E-state index contributed by atoms with van der Waals surface area (Å²) in [6, 6.07) is 15.3. The predicted octanol–water partition coefficient (Wildman–Crippen LogP) is 3.12. The zero-order valence-corrected chi connectivity index (χ0v) is 12.0. The number of hydrogen-bond donors (Lipinski definition) is 1. The third kappa shape index (κ3) is 1.89. The van der Waals surface area contributed by atoms with Gasteiger partial charge in [0.15, 0.2) is 0 Å². The maximum Gasteiger partial charge on any atom is 0.0968 e. The lowest BCUT2D eigenvalue weighted by atomic mass is 10.0. The van der Waals surface area contributed by atoms with E-state index in [2.05, 4.69) is 47.6 Å². The molecule has 1 aliphatic rings. The lowest BCUT2D eigenvalue weighted by Gasteiger charge is -2.05. The number of aromatic nitrogens is 2. The average molecular weight is 275 g/mol. The first-order chi connectivity index (χ1) is 10.3. The van der Waals surface area contributed by atoms with E-state index in [4.69, 9.17) is 5.73 Å². The standard InChI is InChI=1S/C18H17N3/c1-21-11-15(10-19)18(20-21)13-6-7-17-14(9-13)8-12-4-2-3-5-16(12)17/h2-7,9,11H,8,10,19H2,1H3. The molecule has 2 N–H and O–H groups in total. The second-order valence-corrected chi connectivity index (χ2v) is 5.59. The quantitative estimate of drug-likeness (QED) is 0.611. The van der Waals surface area contributed by atoms with E-state index >= 15 is 0 Å². The summed E-state index contributed by atoms with van der Waals surface area (Å²) in [7, 11) is 1.94. The van der Waals surface area contributed by atoms with Gasteiger partial charge in [0.2, 0.25) is 0 Å². The number of nitrogens with zero attached hydrogens (tertiary/aromatic N) is 2. The lowest BCUT2D eigenvalue weighted by Crippen LogP contribution is -1.96. The summed E-state index contributed by atoms with van der Waals surface area (Å²) in [6.45, 7) is 0.514. The Morgan fingerprint density at radius 1 is 1.10 bits per heavy atom. The molecule has 0 aliphatic heterocycles. The highest BCUT2D eigenvalue weighted by Crippen LogP contribution is 2.38. The minimum atomic E-state index is 0.514. The van der Waals surface area contributed by atoms with Crippen molar-refractivity contribution in [2.24, 2.45) is 12.8 Å². The molecule has 3 aromatic rings. The molecule has 104 valence electrons. The van der Waals surface area contributed by atoms with E-state index in [1.807, 2.05) is 17.9 Å². The largest absolute Gasteiger partial charge is 0.326 e. The molecule has 1 heterocycles. The first kappa shape index (κ1) is 12.4. The number of hydrogen-bond acceptors (Lipinski definition) is 2. The number of fused-ring (bicyclic) bond motifs is 3. The molecule has 0 bridgehead atoms.